The molecule has 3 nitrogen and oxygen atoms in total. The van der Waals surface area contributed by atoms with Gasteiger partial charge in [-0.25, -0.2) is 0 Å². The zero-order valence-electron chi connectivity index (χ0n) is 10.7. The fourth-order valence-electron chi connectivity index (χ4n) is 2.57. The summed E-state index contributed by atoms with van der Waals surface area (Å²) in [4.78, 5) is 0. The van der Waals surface area contributed by atoms with Gasteiger partial charge in [-0.05, 0) is 36.2 Å². The quantitative estimate of drug-likeness (QED) is 0.889. The maximum absolute atomic E-state index is 8.94. The lowest BCUT2D eigenvalue weighted by Gasteiger charge is -2.15. The Kier molecular flexibility index (Phi) is 2.85. The summed E-state index contributed by atoms with van der Waals surface area (Å²) in [5.41, 5.74) is 4.16. The maximum atomic E-state index is 8.94. The van der Waals surface area contributed by atoms with Gasteiger partial charge >= 0.3 is 0 Å². The highest BCUT2D eigenvalue weighted by molar-refractivity contribution is 5.61. The van der Waals surface area contributed by atoms with Crippen molar-refractivity contribution in [2.75, 3.05) is 12.4 Å². The topological polar surface area (TPSA) is 45.0 Å². The molecule has 2 aromatic rings. The number of nitrogens with zero attached hydrogens (tertiary/aromatic N) is 1. The molecule has 0 fully saturated rings. The summed E-state index contributed by atoms with van der Waals surface area (Å²) in [5, 5.41) is 12.4. The van der Waals surface area contributed by atoms with Crippen molar-refractivity contribution in [3.8, 4) is 11.8 Å². The Balaban J connectivity index is 1.93. The number of ether oxygens (including phenoxy) is 1. The minimum absolute atomic E-state index is 0.208. The van der Waals surface area contributed by atoms with E-state index in [-0.39, 0.29) is 6.04 Å². The molecular formula is C16H14N2O. The van der Waals surface area contributed by atoms with Crippen LogP contribution in [0.25, 0.3) is 0 Å². The van der Waals surface area contributed by atoms with E-state index >= 15 is 0 Å². The molecule has 1 aliphatic rings. The van der Waals surface area contributed by atoms with Crippen molar-refractivity contribution in [3.05, 3.63) is 59.2 Å². The normalized spacial score (nSPS) is 16.3. The number of fused-ring (bicyclic) bond motifs is 1. The second kappa shape index (κ2) is 4.66. The average molecular weight is 250 g/mol. The van der Waals surface area contributed by atoms with Crippen LogP contribution < -0.4 is 10.1 Å². The van der Waals surface area contributed by atoms with Crippen molar-refractivity contribution in [2.24, 2.45) is 0 Å². The molecular weight excluding hydrogens is 236 g/mol. The number of benzene rings is 2. The van der Waals surface area contributed by atoms with Gasteiger partial charge < -0.3 is 10.1 Å². The molecule has 94 valence electrons. The summed E-state index contributed by atoms with van der Waals surface area (Å²) in [5.74, 6) is 0.897. The van der Waals surface area contributed by atoms with Crippen molar-refractivity contribution in [1.82, 2.24) is 0 Å². The summed E-state index contributed by atoms with van der Waals surface area (Å²) >= 11 is 0. The Labute approximate surface area is 112 Å². The second-order valence-corrected chi connectivity index (χ2v) is 4.63. The molecule has 0 saturated heterocycles. The smallest absolute Gasteiger partial charge is 0.124 e. The third-order valence-corrected chi connectivity index (χ3v) is 3.50. The molecule has 1 N–H and O–H groups in total. The molecule has 1 heterocycles. The molecule has 1 unspecified atom stereocenters. The average Bonchev–Trinajstić information content (AvgIpc) is 2.89. The molecule has 1 aliphatic heterocycles. The molecule has 2 aromatic carbocycles. The molecule has 0 spiro atoms. The van der Waals surface area contributed by atoms with Crippen LogP contribution in [0.4, 0.5) is 5.69 Å². The number of nitriles is 1. The van der Waals surface area contributed by atoms with Crippen LogP contribution in [0.3, 0.4) is 0 Å². The molecule has 0 aliphatic carbocycles. The fraction of sp³-hybridized carbons (Fsp3) is 0.188. The van der Waals surface area contributed by atoms with Crippen molar-refractivity contribution >= 4 is 5.69 Å². The Hall–Kier alpha value is -2.47. The van der Waals surface area contributed by atoms with Crippen LogP contribution >= 0.6 is 0 Å². The molecule has 0 saturated carbocycles. The van der Waals surface area contributed by atoms with Gasteiger partial charge in [-0.1, -0.05) is 18.2 Å². The third-order valence-electron chi connectivity index (χ3n) is 3.50. The molecule has 19 heavy (non-hydrogen) atoms. The first-order chi connectivity index (χ1) is 9.31. The molecule has 0 amide bonds. The van der Waals surface area contributed by atoms with Crippen LogP contribution in [0.5, 0.6) is 5.75 Å². The maximum Gasteiger partial charge on any atom is 0.124 e. The van der Waals surface area contributed by atoms with Gasteiger partial charge in [0.2, 0.25) is 0 Å². The van der Waals surface area contributed by atoms with E-state index in [0.29, 0.717) is 5.56 Å². The number of hydrogen-bond acceptors (Lipinski definition) is 3. The molecule has 0 radical (unpaired) electrons. The van der Waals surface area contributed by atoms with Crippen molar-refractivity contribution in [2.45, 2.75) is 12.5 Å². The van der Waals surface area contributed by atoms with E-state index in [1.165, 1.54) is 5.56 Å². The second-order valence-electron chi connectivity index (χ2n) is 4.63. The number of methoxy groups -OCH3 is 1. The number of anilines is 1. The first-order valence-electron chi connectivity index (χ1n) is 6.24. The van der Waals surface area contributed by atoms with Gasteiger partial charge in [0.15, 0.2) is 0 Å². The molecule has 0 aromatic heterocycles. The first-order valence-corrected chi connectivity index (χ1v) is 6.24. The van der Waals surface area contributed by atoms with E-state index in [9.17, 15) is 0 Å². The molecule has 0 bridgehead atoms. The van der Waals surface area contributed by atoms with E-state index in [0.717, 1.165) is 23.4 Å². The lowest BCUT2D eigenvalue weighted by molar-refractivity contribution is 0.407. The van der Waals surface area contributed by atoms with Crippen LogP contribution in [-0.4, -0.2) is 7.11 Å². The predicted molar refractivity (Wildman–Crippen MR) is 74.2 cm³/mol. The minimum atomic E-state index is 0.208. The monoisotopic (exact) mass is 250 g/mol. The Morgan fingerprint density at radius 2 is 2.11 bits per heavy atom. The van der Waals surface area contributed by atoms with Gasteiger partial charge in [-0.3, -0.25) is 0 Å². The van der Waals surface area contributed by atoms with Crippen LogP contribution in [0.1, 0.15) is 22.7 Å². The Morgan fingerprint density at radius 3 is 2.89 bits per heavy atom. The van der Waals surface area contributed by atoms with Gasteiger partial charge in [0.1, 0.15) is 5.75 Å². The number of nitrogens with one attached hydrogen (secondary N) is 1. The molecule has 3 rings (SSSR count). The van der Waals surface area contributed by atoms with Crippen LogP contribution in [0.2, 0.25) is 0 Å². The van der Waals surface area contributed by atoms with Crippen molar-refractivity contribution < 1.29 is 4.74 Å². The number of rotatable bonds is 2. The third kappa shape index (κ3) is 2.02. The highest BCUT2D eigenvalue weighted by Gasteiger charge is 2.24. The van der Waals surface area contributed by atoms with E-state index < -0.39 is 0 Å². The lowest BCUT2D eigenvalue weighted by Crippen LogP contribution is -2.07. The minimum Gasteiger partial charge on any atom is -0.496 e. The Bertz CT molecular complexity index is 658. The highest BCUT2D eigenvalue weighted by atomic mass is 16.5. The van der Waals surface area contributed by atoms with E-state index in [1.807, 2.05) is 36.4 Å². The van der Waals surface area contributed by atoms with Crippen molar-refractivity contribution in [1.29, 1.82) is 5.26 Å². The van der Waals surface area contributed by atoms with Gasteiger partial charge in [0.05, 0.1) is 24.8 Å². The standard InChI is InChI=1S/C16H14N2O/c1-19-16-5-3-2-4-13(16)15-9-12-8-11(10-17)6-7-14(12)18-15/h2-8,15,18H,9H2,1H3. The van der Waals surface area contributed by atoms with Crippen LogP contribution in [-0.2, 0) is 6.42 Å². The van der Waals surface area contributed by atoms with Gasteiger partial charge in [-0.2, -0.15) is 5.26 Å². The fourth-order valence-corrected chi connectivity index (χ4v) is 2.57. The zero-order valence-corrected chi connectivity index (χ0v) is 10.7. The van der Waals surface area contributed by atoms with E-state index in [4.69, 9.17) is 10.00 Å². The predicted octanol–water partition coefficient (Wildman–Crippen LogP) is 3.28. The first kappa shape index (κ1) is 11.6. The summed E-state index contributed by atoms with van der Waals surface area (Å²) < 4.78 is 5.41. The Morgan fingerprint density at radius 1 is 1.26 bits per heavy atom. The van der Waals surface area contributed by atoms with Crippen molar-refractivity contribution in [3.63, 3.8) is 0 Å². The number of para-hydroxylation sites is 1. The SMILES string of the molecule is COc1ccccc1C1Cc2cc(C#N)ccc2N1. The molecule has 3 heteroatoms. The summed E-state index contributed by atoms with van der Waals surface area (Å²) in [7, 11) is 1.69. The van der Waals surface area contributed by atoms with Gasteiger partial charge in [0, 0.05) is 11.3 Å². The van der Waals surface area contributed by atoms with E-state index in [2.05, 4.69) is 17.5 Å². The van der Waals surface area contributed by atoms with E-state index in [1.54, 1.807) is 7.11 Å². The van der Waals surface area contributed by atoms with Gasteiger partial charge in [0.25, 0.3) is 0 Å². The lowest BCUT2D eigenvalue weighted by atomic mass is 10.0. The van der Waals surface area contributed by atoms with Crippen LogP contribution in [0, 0.1) is 11.3 Å². The summed E-state index contributed by atoms with van der Waals surface area (Å²) in [6.45, 7) is 0. The molecule has 1 atom stereocenters. The highest BCUT2D eigenvalue weighted by Crippen LogP contribution is 2.37. The number of hydrogen-bond donors (Lipinski definition) is 1. The van der Waals surface area contributed by atoms with Crippen LogP contribution in [0.15, 0.2) is 42.5 Å². The summed E-state index contributed by atoms with van der Waals surface area (Å²) in [6, 6.07) is 16.2. The largest absolute Gasteiger partial charge is 0.496 e. The zero-order chi connectivity index (χ0) is 13.2. The van der Waals surface area contributed by atoms with Gasteiger partial charge in [-0.15, -0.1) is 0 Å². The summed E-state index contributed by atoms with van der Waals surface area (Å²) in [6.07, 6.45) is 0.880.